The minimum Gasteiger partial charge on any atom is -0.463 e. The number of esters is 1. The lowest BCUT2D eigenvalue weighted by molar-refractivity contribution is -0.137. The summed E-state index contributed by atoms with van der Waals surface area (Å²) in [5.74, 6) is 1.07. The highest BCUT2D eigenvalue weighted by molar-refractivity contribution is 5.83. The first-order valence-electron chi connectivity index (χ1n) is 5.71. The van der Waals surface area contributed by atoms with Crippen LogP contribution in [0.4, 0.5) is 5.69 Å². The van der Waals surface area contributed by atoms with Crippen molar-refractivity contribution in [1.29, 1.82) is 0 Å². The Labute approximate surface area is 105 Å². The summed E-state index contributed by atoms with van der Waals surface area (Å²) in [5, 5.41) is 3.09. The molecular weight excluding hydrogens is 234 g/mol. The van der Waals surface area contributed by atoms with Crippen molar-refractivity contribution in [1.82, 2.24) is 0 Å². The zero-order chi connectivity index (χ0) is 13.0. The van der Waals surface area contributed by atoms with Crippen LogP contribution < -0.4 is 14.8 Å². The number of carbonyl (C=O) groups excluding carboxylic acids is 1. The van der Waals surface area contributed by atoms with Gasteiger partial charge in [-0.1, -0.05) is 0 Å². The minimum atomic E-state index is -0.358. The number of rotatable bonds is 4. The van der Waals surface area contributed by atoms with E-state index in [0.717, 1.165) is 11.4 Å². The molecule has 0 bridgehead atoms. The first-order chi connectivity index (χ1) is 8.69. The molecule has 0 saturated carbocycles. The van der Waals surface area contributed by atoms with Crippen molar-refractivity contribution < 1.29 is 19.0 Å². The average molecular weight is 249 g/mol. The molecule has 2 rings (SSSR count). The number of hydrogen-bond donors (Lipinski definition) is 1. The molecule has 1 aliphatic heterocycles. The van der Waals surface area contributed by atoms with E-state index in [9.17, 15) is 4.79 Å². The monoisotopic (exact) mass is 249 g/mol. The van der Waals surface area contributed by atoms with Gasteiger partial charge in [0.15, 0.2) is 11.5 Å². The summed E-state index contributed by atoms with van der Waals surface area (Å²) in [7, 11) is 0. The van der Waals surface area contributed by atoms with Crippen LogP contribution in [0.2, 0.25) is 0 Å². The molecule has 1 aromatic rings. The maximum absolute atomic E-state index is 11.2. The highest BCUT2D eigenvalue weighted by Crippen LogP contribution is 2.34. The van der Waals surface area contributed by atoms with E-state index in [1.807, 2.05) is 18.2 Å². The van der Waals surface area contributed by atoms with Gasteiger partial charge in [-0.2, -0.15) is 0 Å². The Kier molecular flexibility index (Phi) is 3.72. The van der Waals surface area contributed by atoms with Crippen LogP contribution in [0.25, 0.3) is 0 Å². The lowest BCUT2D eigenvalue weighted by Gasteiger charge is -2.07. The fourth-order valence-electron chi connectivity index (χ4n) is 1.60. The Morgan fingerprint density at radius 2 is 2.22 bits per heavy atom. The van der Waals surface area contributed by atoms with Gasteiger partial charge in [0.05, 0.1) is 6.61 Å². The van der Waals surface area contributed by atoms with E-state index in [4.69, 9.17) is 14.2 Å². The van der Waals surface area contributed by atoms with Gasteiger partial charge in [0.25, 0.3) is 0 Å². The maximum Gasteiger partial charge on any atom is 0.332 e. The van der Waals surface area contributed by atoms with Crippen LogP contribution in [0.15, 0.2) is 30.0 Å². The smallest absolute Gasteiger partial charge is 0.332 e. The van der Waals surface area contributed by atoms with Gasteiger partial charge in [0.1, 0.15) is 0 Å². The average Bonchev–Trinajstić information content (AvgIpc) is 2.76. The number of fused-ring (bicyclic) bond motifs is 1. The molecule has 0 saturated heterocycles. The van der Waals surface area contributed by atoms with Crippen molar-refractivity contribution >= 4 is 11.7 Å². The molecule has 0 atom stereocenters. The van der Waals surface area contributed by atoms with Crippen molar-refractivity contribution in [3.63, 3.8) is 0 Å². The van der Waals surface area contributed by atoms with Gasteiger partial charge in [-0.25, -0.2) is 4.79 Å². The van der Waals surface area contributed by atoms with Crippen molar-refractivity contribution in [2.75, 3.05) is 18.7 Å². The largest absolute Gasteiger partial charge is 0.463 e. The molecule has 96 valence electrons. The number of anilines is 1. The van der Waals surface area contributed by atoms with Gasteiger partial charge < -0.3 is 19.5 Å². The second kappa shape index (κ2) is 5.44. The summed E-state index contributed by atoms with van der Waals surface area (Å²) in [6.07, 6.45) is 1.41. The van der Waals surface area contributed by atoms with Crippen LogP contribution in [-0.4, -0.2) is 19.4 Å². The lowest BCUT2D eigenvalue weighted by atomic mass is 10.2. The summed E-state index contributed by atoms with van der Waals surface area (Å²) in [4.78, 5) is 11.2. The number of ether oxygens (including phenoxy) is 3. The molecule has 1 aromatic carbocycles. The molecular formula is C13H15NO4. The highest BCUT2D eigenvalue weighted by Gasteiger charge is 2.13. The number of benzene rings is 1. The van der Waals surface area contributed by atoms with Gasteiger partial charge in [0.2, 0.25) is 6.79 Å². The third-order valence-corrected chi connectivity index (χ3v) is 2.34. The van der Waals surface area contributed by atoms with E-state index in [1.54, 1.807) is 13.8 Å². The number of carbonyl (C=O) groups is 1. The Bertz CT molecular complexity index is 482. The quantitative estimate of drug-likeness (QED) is 0.655. The minimum absolute atomic E-state index is 0.246. The summed E-state index contributed by atoms with van der Waals surface area (Å²) in [6.45, 7) is 4.18. The van der Waals surface area contributed by atoms with E-state index in [0.29, 0.717) is 18.1 Å². The van der Waals surface area contributed by atoms with Crippen molar-refractivity contribution in [2.45, 2.75) is 13.8 Å². The first-order valence-corrected chi connectivity index (χ1v) is 5.71. The van der Waals surface area contributed by atoms with Crippen LogP contribution in [0.3, 0.4) is 0 Å². The van der Waals surface area contributed by atoms with Crippen LogP contribution >= 0.6 is 0 Å². The molecule has 1 aliphatic rings. The SMILES string of the molecule is CCOC(=O)C=C(C)Nc1ccc2c(c1)OCO2. The van der Waals surface area contributed by atoms with E-state index in [1.165, 1.54) is 6.08 Å². The van der Waals surface area contributed by atoms with E-state index < -0.39 is 0 Å². The number of hydrogen-bond acceptors (Lipinski definition) is 5. The molecule has 1 N–H and O–H groups in total. The van der Waals surface area contributed by atoms with Crippen molar-refractivity contribution in [3.05, 3.63) is 30.0 Å². The van der Waals surface area contributed by atoms with Crippen LogP contribution in [-0.2, 0) is 9.53 Å². The third-order valence-electron chi connectivity index (χ3n) is 2.34. The van der Waals surface area contributed by atoms with Crippen LogP contribution in [0, 0.1) is 0 Å². The summed E-state index contributed by atoms with van der Waals surface area (Å²) < 4.78 is 15.3. The Hall–Kier alpha value is -2.17. The molecule has 0 fully saturated rings. The van der Waals surface area contributed by atoms with Gasteiger partial charge in [0, 0.05) is 23.5 Å². The second-order valence-electron chi connectivity index (χ2n) is 3.77. The second-order valence-corrected chi connectivity index (χ2v) is 3.77. The Balaban J connectivity index is 2.03. The highest BCUT2D eigenvalue weighted by atomic mass is 16.7. The zero-order valence-corrected chi connectivity index (χ0v) is 10.4. The summed E-state index contributed by atoms with van der Waals surface area (Å²) in [6, 6.07) is 5.50. The fraction of sp³-hybridized carbons (Fsp3) is 0.308. The molecule has 0 aliphatic carbocycles. The lowest BCUT2D eigenvalue weighted by Crippen LogP contribution is -2.04. The van der Waals surface area contributed by atoms with Crippen molar-refractivity contribution in [3.8, 4) is 11.5 Å². The van der Waals surface area contributed by atoms with E-state index in [2.05, 4.69) is 5.32 Å². The molecule has 18 heavy (non-hydrogen) atoms. The third kappa shape index (κ3) is 2.94. The van der Waals surface area contributed by atoms with Gasteiger partial charge in [-0.05, 0) is 26.0 Å². The van der Waals surface area contributed by atoms with E-state index in [-0.39, 0.29) is 12.8 Å². The summed E-state index contributed by atoms with van der Waals surface area (Å²) in [5.41, 5.74) is 1.53. The number of allylic oxidation sites excluding steroid dienone is 1. The predicted octanol–water partition coefficient (Wildman–Crippen LogP) is 2.29. The van der Waals surface area contributed by atoms with Crippen LogP contribution in [0.1, 0.15) is 13.8 Å². The standard InChI is InChI=1S/C13H15NO4/c1-3-16-13(15)6-9(2)14-10-4-5-11-12(7-10)18-8-17-11/h4-7,14H,3,8H2,1-2H3. The topological polar surface area (TPSA) is 56.8 Å². The van der Waals surface area contributed by atoms with Gasteiger partial charge in [-0.3, -0.25) is 0 Å². The van der Waals surface area contributed by atoms with Crippen molar-refractivity contribution in [2.24, 2.45) is 0 Å². The molecule has 0 spiro atoms. The maximum atomic E-state index is 11.2. The normalized spacial score (nSPS) is 13.3. The van der Waals surface area contributed by atoms with Crippen LogP contribution in [0.5, 0.6) is 11.5 Å². The Morgan fingerprint density at radius 3 is 3.00 bits per heavy atom. The molecule has 5 heteroatoms. The number of nitrogens with one attached hydrogen (secondary N) is 1. The molecule has 0 unspecified atom stereocenters. The molecule has 1 heterocycles. The molecule has 0 aromatic heterocycles. The zero-order valence-electron chi connectivity index (χ0n) is 10.4. The fourth-order valence-corrected chi connectivity index (χ4v) is 1.60. The van der Waals surface area contributed by atoms with Gasteiger partial charge in [-0.15, -0.1) is 0 Å². The molecule has 0 radical (unpaired) electrons. The van der Waals surface area contributed by atoms with E-state index >= 15 is 0 Å². The van der Waals surface area contributed by atoms with Gasteiger partial charge >= 0.3 is 5.97 Å². The molecule has 5 nitrogen and oxygen atoms in total. The Morgan fingerprint density at radius 1 is 1.44 bits per heavy atom. The first kappa shape index (κ1) is 12.3. The predicted molar refractivity (Wildman–Crippen MR) is 66.6 cm³/mol. The summed E-state index contributed by atoms with van der Waals surface area (Å²) >= 11 is 0. The molecule has 0 amide bonds.